The van der Waals surface area contributed by atoms with Crippen molar-refractivity contribution in [2.24, 2.45) is 0 Å². The Hall–Kier alpha value is -4.34. The van der Waals surface area contributed by atoms with Crippen molar-refractivity contribution in [2.75, 3.05) is 26.2 Å². The second-order valence-corrected chi connectivity index (χ2v) is 8.67. The second-order valence-electron chi connectivity index (χ2n) is 8.67. The predicted octanol–water partition coefficient (Wildman–Crippen LogP) is 2.76. The summed E-state index contributed by atoms with van der Waals surface area (Å²) in [5, 5.41) is 15.7. The Morgan fingerprint density at radius 3 is 2.31 bits per heavy atom. The van der Waals surface area contributed by atoms with Crippen molar-refractivity contribution >= 4 is 17.5 Å². The summed E-state index contributed by atoms with van der Waals surface area (Å²) in [5.41, 5.74) is 0.692. The molecule has 2 aromatic carbocycles. The summed E-state index contributed by atoms with van der Waals surface area (Å²) in [6.45, 7) is 2.91. The Bertz CT molecular complexity index is 1330. The highest BCUT2D eigenvalue weighted by molar-refractivity contribution is 5.92. The molecule has 2 amide bonds. The zero-order valence-electron chi connectivity index (χ0n) is 20.0. The van der Waals surface area contributed by atoms with E-state index in [2.05, 4.69) is 5.10 Å². The van der Waals surface area contributed by atoms with E-state index in [1.54, 1.807) is 17.9 Å². The van der Waals surface area contributed by atoms with Gasteiger partial charge in [-0.05, 0) is 31.4 Å². The summed E-state index contributed by atoms with van der Waals surface area (Å²) in [4.78, 5) is 52.5. The Kier molecular flexibility index (Phi) is 7.53. The molecule has 10 heteroatoms. The molecule has 36 heavy (non-hydrogen) atoms. The fourth-order valence-corrected chi connectivity index (χ4v) is 4.29. The topological polar surface area (TPSA) is 119 Å². The minimum absolute atomic E-state index is 0.0465. The minimum atomic E-state index is -0.552. The predicted molar refractivity (Wildman–Crippen MR) is 133 cm³/mol. The van der Waals surface area contributed by atoms with Crippen LogP contribution in [0.3, 0.4) is 0 Å². The van der Waals surface area contributed by atoms with Crippen LogP contribution in [0.15, 0.2) is 65.5 Å². The molecule has 1 aromatic heterocycles. The molecule has 1 saturated heterocycles. The molecule has 1 fully saturated rings. The van der Waals surface area contributed by atoms with Crippen molar-refractivity contribution in [1.82, 2.24) is 19.6 Å². The van der Waals surface area contributed by atoms with Crippen molar-refractivity contribution < 1.29 is 14.5 Å². The Balaban J connectivity index is 1.41. The van der Waals surface area contributed by atoms with Crippen LogP contribution in [0.25, 0.3) is 5.69 Å². The van der Waals surface area contributed by atoms with Gasteiger partial charge in [-0.2, -0.15) is 5.10 Å². The maximum atomic E-state index is 13.2. The number of hydrogen-bond donors (Lipinski definition) is 0. The number of piperazine rings is 1. The first-order chi connectivity index (χ1) is 17.3. The van der Waals surface area contributed by atoms with Crippen LogP contribution in [-0.4, -0.2) is 62.5 Å². The summed E-state index contributed by atoms with van der Waals surface area (Å²) < 4.78 is 1.25. The van der Waals surface area contributed by atoms with E-state index < -0.39 is 16.3 Å². The maximum Gasteiger partial charge on any atom is 0.294 e. The van der Waals surface area contributed by atoms with Gasteiger partial charge in [-0.3, -0.25) is 24.5 Å². The Morgan fingerprint density at radius 2 is 1.61 bits per heavy atom. The number of nitro groups is 1. The number of para-hydroxylation sites is 2. The summed E-state index contributed by atoms with van der Waals surface area (Å²) in [6, 6.07) is 17.3. The van der Waals surface area contributed by atoms with Gasteiger partial charge in [0.15, 0.2) is 5.69 Å². The third-order valence-electron chi connectivity index (χ3n) is 6.24. The van der Waals surface area contributed by atoms with Gasteiger partial charge >= 0.3 is 0 Å². The van der Waals surface area contributed by atoms with E-state index in [1.807, 2.05) is 30.3 Å². The summed E-state index contributed by atoms with van der Waals surface area (Å²) in [6.07, 6.45) is 2.01. The molecule has 0 bridgehead atoms. The molecule has 0 spiro atoms. The highest BCUT2D eigenvalue weighted by Gasteiger charge is 2.28. The number of aromatic nitrogens is 2. The van der Waals surface area contributed by atoms with E-state index in [1.165, 1.54) is 39.4 Å². The zero-order chi connectivity index (χ0) is 25.7. The molecule has 0 radical (unpaired) electrons. The van der Waals surface area contributed by atoms with Crippen LogP contribution < -0.4 is 5.43 Å². The summed E-state index contributed by atoms with van der Waals surface area (Å²) in [5.74, 6) is -0.506. The molecule has 1 aliphatic rings. The van der Waals surface area contributed by atoms with E-state index in [0.717, 1.165) is 12.8 Å². The van der Waals surface area contributed by atoms with E-state index >= 15 is 0 Å². The lowest BCUT2D eigenvalue weighted by Gasteiger charge is -2.34. The van der Waals surface area contributed by atoms with Crippen LogP contribution in [0.2, 0.25) is 0 Å². The molecule has 0 atom stereocenters. The van der Waals surface area contributed by atoms with Crippen molar-refractivity contribution in [1.29, 1.82) is 0 Å². The van der Waals surface area contributed by atoms with Crippen molar-refractivity contribution in [3.05, 3.63) is 98.0 Å². The molecule has 186 valence electrons. The van der Waals surface area contributed by atoms with Crippen molar-refractivity contribution in [2.45, 2.75) is 26.2 Å². The number of aryl methyl sites for hydroxylation is 2. The third kappa shape index (κ3) is 5.48. The first-order valence-electron chi connectivity index (χ1n) is 11.8. The Labute approximate surface area is 207 Å². The molecule has 4 rings (SSSR count). The van der Waals surface area contributed by atoms with Gasteiger partial charge in [0, 0.05) is 50.4 Å². The van der Waals surface area contributed by atoms with Crippen LogP contribution in [0, 0.1) is 17.0 Å². The average Bonchev–Trinajstić information content (AvgIpc) is 2.89. The smallest absolute Gasteiger partial charge is 0.294 e. The molecule has 2 heterocycles. The lowest BCUT2D eigenvalue weighted by molar-refractivity contribution is -0.384. The maximum absolute atomic E-state index is 13.2. The number of nitrogens with zero attached hydrogens (tertiary/aromatic N) is 5. The molecule has 1 aliphatic heterocycles. The average molecular weight is 490 g/mol. The summed E-state index contributed by atoms with van der Waals surface area (Å²) in [7, 11) is 0. The first-order valence-corrected chi connectivity index (χ1v) is 11.8. The lowest BCUT2D eigenvalue weighted by Crippen LogP contribution is -2.51. The van der Waals surface area contributed by atoms with Crippen molar-refractivity contribution in [3.63, 3.8) is 0 Å². The van der Waals surface area contributed by atoms with Crippen LogP contribution in [0.5, 0.6) is 0 Å². The number of rotatable bonds is 7. The molecule has 0 saturated carbocycles. The number of carbonyl (C=O) groups excluding carboxylic acids is 2. The van der Waals surface area contributed by atoms with Gasteiger partial charge in [0.1, 0.15) is 5.69 Å². The number of amides is 2. The molecule has 0 aliphatic carbocycles. The monoisotopic (exact) mass is 489 g/mol. The fourth-order valence-electron chi connectivity index (χ4n) is 4.29. The standard InChI is InChI=1S/C26H27N5O5/c1-19-18-23(32)25(27-30(19)21-11-5-6-12-22(21)31(35)36)26(34)29-16-14-28(15-17-29)24(33)13-7-10-20-8-3-2-4-9-20/h2-6,8-9,11-12,18H,7,10,13-17H2,1H3. The van der Waals surface area contributed by atoms with Crippen molar-refractivity contribution in [3.8, 4) is 5.69 Å². The number of nitro benzene ring substituents is 1. The number of benzene rings is 2. The van der Waals surface area contributed by atoms with E-state index in [0.29, 0.717) is 25.2 Å². The molecule has 0 N–H and O–H groups in total. The minimum Gasteiger partial charge on any atom is -0.339 e. The molecular formula is C26H27N5O5. The fraction of sp³-hybridized carbons (Fsp3) is 0.308. The molecule has 3 aromatic rings. The highest BCUT2D eigenvalue weighted by atomic mass is 16.6. The quantitative estimate of drug-likeness (QED) is 0.372. The normalized spacial score (nSPS) is 13.5. The first kappa shape index (κ1) is 24.8. The van der Waals surface area contributed by atoms with Gasteiger partial charge in [0.05, 0.1) is 4.92 Å². The third-order valence-corrected chi connectivity index (χ3v) is 6.24. The van der Waals surface area contributed by atoms with Gasteiger partial charge < -0.3 is 9.80 Å². The van der Waals surface area contributed by atoms with Crippen LogP contribution in [-0.2, 0) is 11.2 Å². The molecule has 10 nitrogen and oxygen atoms in total. The zero-order valence-corrected chi connectivity index (χ0v) is 20.0. The molecule has 0 unspecified atom stereocenters. The van der Waals surface area contributed by atoms with E-state index in [9.17, 15) is 24.5 Å². The lowest BCUT2D eigenvalue weighted by atomic mass is 10.1. The SMILES string of the molecule is Cc1cc(=O)c(C(=O)N2CCN(C(=O)CCCc3ccccc3)CC2)nn1-c1ccccc1[N+](=O)[O-]. The Morgan fingerprint density at radius 1 is 0.972 bits per heavy atom. The van der Waals surface area contributed by atoms with E-state index in [-0.39, 0.29) is 36.1 Å². The van der Waals surface area contributed by atoms with Gasteiger partial charge in [-0.25, -0.2) is 4.68 Å². The van der Waals surface area contributed by atoms with Gasteiger partial charge in [-0.1, -0.05) is 42.5 Å². The second kappa shape index (κ2) is 10.9. The number of hydrogen-bond acceptors (Lipinski definition) is 6. The largest absolute Gasteiger partial charge is 0.339 e. The van der Waals surface area contributed by atoms with Gasteiger partial charge in [0.2, 0.25) is 11.3 Å². The van der Waals surface area contributed by atoms with Crippen LogP contribution in [0.1, 0.15) is 34.6 Å². The highest BCUT2D eigenvalue weighted by Crippen LogP contribution is 2.22. The van der Waals surface area contributed by atoms with Gasteiger partial charge in [-0.15, -0.1) is 0 Å². The number of carbonyl (C=O) groups is 2. The summed E-state index contributed by atoms with van der Waals surface area (Å²) >= 11 is 0. The van der Waals surface area contributed by atoms with Crippen LogP contribution >= 0.6 is 0 Å². The van der Waals surface area contributed by atoms with E-state index in [4.69, 9.17) is 0 Å². The molecular weight excluding hydrogens is 462 g/mol. The van der Waals surface area contributed by atoms with Crippen LogP contribution in [0.4, 0.5) is 5.69 Å². The van der Waals surface area contributed by atoms with Gasteiger partial charge in [0.25, 0.3) is 11.6 Å².